The minimum Gasteiger partial charge on any atom is -0.478 e. The van der Waals surface area contributed by atoms with E-state index in [1.54, 1.807) is 31.3 Å². The maximum atomic E-state index is 12.2. The number of carboxylic acids is 1. The highest BCUT2D eigenvalue weighted by molar-refractivity contribution is 6.26. The number of hydrogen-bond acceptors (Lipinski definition) is 4. The van der Waals surface area contributed by atoms with Crippen molar-refractivity contribution in [3.05, 3.63) is 65.2 Å². The highest BCUT2D eigenvalue weighted by atomic mass is 16.4. The molecule has 0 atom stereocenters. The van der Waals surface area contributed by atoms with Crippen LogP contribution in [0.25, 0.3) is 6.08 Å². The highest BCUT2D eigenvalue weighted by Crippen LogP contribution is 2.13. The van der Waals surface area contributed by atoms with Crippen LogP contribution in [0.5, 0.6) is 0 Å². The topological polar surface area (TPSA) is 80.1 Å². The lowest BCUT2D eigenvalue weighted by Gasteiger charge is -2.02. The SMILES string of the molecule is Cc1cc(C=C(C(=O)O)C(=O)c2cccnc2)ccn1. The van der Waals surface area contributed by atoms with Gasteiger partial charge in [0.15, 0.2) is 0 Å². The molecule has 0 radical (unpaired) electrons. The van der Waals surface area contributed by atoms with Gasteiger partial charge in [-0.15, -0.1) is 0 Å². The third-order valence-corrected chi connectivity index (χ3v) is 2.63. The molecule has 0 aromatic carbocycles. The average molecular weight is 268 g/mol. The molecule has 0 aliphatic carbocycles. The van der Waals surface area contributed by atoms with Crippen LogP contribution in [0.2, 0.25) is 0 Å². The van der Waals surface area contributed by atoms with Gasteiger partial charge in [-0.3, -0.25) is 14.8 Å². The van der Waals surface area contributed by atoms with Crippen LogP contribution in [-0.4, -0.2) is 26.8 Å². The molecule has 2 rings (SSSR count). The van der Waals surface area contributed by atoms with Crippen LogP contribution in [0, 0.1) is 6.92 Å². The summed E-state index contributed by atoms with van der Waals surface area (Å²) in [4.78, 5) is 31.3. The number of aryl methyl sites for hydroxylation is 1. The van der Waals surface area contributed by atoms with E-state index in [1.807, 2.05) is 0 Å². The number of carbonyl (C=O) groups excluding carboxylic acids is 1. The summed E-state index contributed by atoms with van der Waals surface area (Å²) in [5, 5.41) is 9.21. The van der Waals surface area contributed by atoms with Gasteiger partial charge < -0.3 is 5.11 Å². The average Bonchev–Trinajstić information content (AvgIpc) is 2.45. The number of hydrogen-bond donors (Lipinski definition) is 1. The summed E-state index contributed by atoms with van der Waals surface area (Å²) in [7, 11) is 0. The summed E-state index contributed by atoms with van der Waals surface area (Å²) < 4.78 is 0. The van der Waals surface area contributed by atoms with Gasteiger partial charge >= 0.3 is 5.97 Å². The largest absolute Gasteiger partial charge is 0.478 e. The van der Waals surface area contributed by atoms with Crippen molar-refractivity contribution in [2.75, 3.05) is 0 Å². The van der Waals surface area contributed by atoms with E-state index in [-0.39, 0.29) is 11.1 Å². The van der Waals surface area contributed by atoms with Gasteiger partial charge in [-0.2, -0.15) is 0 Å². The Labute approximate surface area is 115 Å². The molecule has 2 heterocycles. The summed E-state index contributed by atoms with van der Waals surface area (Å²) in [6, 6.07) is 6.47. The van der Waals surface area contributed by atoms with Gasteiger partial charge in [0.2, 0.25) is 5.78 Å². The Morgan fingerprint density at radius 3 is 2.65 bits per heavy atom. The van der Waals surface area contributed by atoms with Crippen molar-refractivity contribution >= 4 is 17.8 Å². The Morgan fingerprint density at radius 2 is 2.05 bits per heavy atom. The van der Waals surface area contributed by atoms with Crippen molar-refractivity contribution in [1.29, 1.82) is 0 Å². The highest BCUT2D eigenvalue weighted by Gasteiger charge is 2.19. The second-order valence-corrected chi connectivity index (χ2v) is 4.16. The Hall–Kier alpha value is -2.82. The van der Waals surface area contributed by atoms with Crippen LogP contribution < -0.4 is 0 Å². The summed E-state index contributed by atoms with van der Waals surface area (Å²) >= 11 is 0. The number of carboxylic acid groups (broad SMARTS) is 1. The van der Waals surface area contributed by atoms with E-state index in [2.05, 4.69) is 9.97 Å². The first kappa shape index (κ1) is 13.6. The first-order valence-corrected chi connectivity index (χ1v) is 5.90. The van der Waals surface area contributed by atoms with Gasteiger partial charge in [-0.05, 0) is 42.8 Å². The zero-order chi connectivity index (χ0) is 14.5. The van der Waals surface area contributed by atoms with Gasteiger partial charge in [0.25, 0.3) is 0 Å². The van der Waals surface area contributed by atoms with E-state index >= 15 is 0 Å². The molecule has 0 unspecified atom stereocenters. The molecule has 1 N–H and O–H groups in total. The molecule has 100 valence electrons. The quantitative estimate of drug-likeness (QED) is 0.397. The van der Waals surface area contributed by atoms with Crippen molar-refractivity contribution in [3.8, 4) is 0 Å². The fourth-order valence-corrected chi connectivity index (χ4v) is 1.70. The van der Waals surface area contributed by atoms with Crippen LogP contribution in [0.3, 0.4) is 0 Å². The lowest BCUT2D eigenvalue weighted by molar-refractivity contribution is -0.132. The molecular formula is C15H12N2O3. The van der Waals surface area contributed by atoms with E-state index in [1.165, 1.54) is 24.5 Å². The molecule has 5 heteroatoms. The number of pyridine rings is 2. The molecule has 0 saturated carbocycles. The number of aliphatic carboxylic acids is 1. The monoisotopic (exact) mass is 268 g/mol. The zero-order valence-electron chi connectivity index (χ0n) is 10.8. The molecule has 0 spiro atoms. The Kier molecular flexibility index (Phi) is 4.00. The fraction of sp³-hybridized carbons (Fsp3) is 0.0667. The second-order valence-electron chi connectivity index (χ2n) is 4.16. The summed E-state index contributed by atoms with van der Waals surface area (Å²) in [6.45, 7) is 1.79. The zero-order valence-corrected chi connectivity index (χ0v) is 10.8. The maximum Gasteiger partial charge on any atom is 0.339 e. The minimum absolute atomic E-state index is 0.243. The van der Waals surface area contributed by atoms with Crippen molar-refractivity contribution in [3.63, 3.8) is 0 Å². The molecule has 0 aliphatic rings. The van der Waals surface area contributed by atoms with Crippen molar-refractivity contribution < 1.29 is 14.7 Å². The van der Waals surface area contributed by atoms with Crippen LogP contribution in [0.4, 0.5) is 0 Å². The van der Waals surface area contributed by atoms with Crippen LogP contribution in [-0.2, 0) is 4.79 Å². The standard InChI is InChI=1S/C15H12N2O3/c1-10-7-11(4-6-17-10)8-13(15(19)20)14(18)12-3-2-5-16-9-12/h2-9H,1H3,(H,19,20). The normalized spacial score (nSPS) is 11.2. The van der Waals surface area contributed by atoms with E-state index in [9.17, 15) is 14.7 Å². The van der Waals surface area contributed by atoms with Crippen LogP contribution in [0.1, 0.15) is 21.6 Å². The van der Waals surface area contributed by atoms with Crippen molar-refractivity contribution in [2.45, 2.75) is 6.92 Å². The molecular weight excluding hydrogens is 256 g/mol. The molecule has 2 aromatic heterocycles. The number of carbonyl (C=O) groups is 2. The van der Waals surface area contributed by atoms with Gasteiger partial charge in [-0.1, -0.05) is 0 Å². The lowest BCUT2D eigenvalue weighted by Crippen LogP contribution is -2.12. The van der Waals surface area contributed by atoms with Crippen molar-refractivity contribution in [2.24, 2.45) is 0 Å². The summed E-state index contributed by atoms with van der Waals surface area (Å²) in [5.41, 5.74) is 1.31. The predicted molar refractivity (Wildman–Crippen MR) is 73.2 cm³/mol. The minimum atomic E-state index is -1.27. The lowest BCUT2D eigenvalue weighted by atomic mass is 10.0. The number of aromatic nitrogens is 2. The van der Waals surface area contributed by atoms with Crippen molar-refractivity contribution in [1.82, 2.24) is 9.97 Å². The van der Waals surface area contributed by atoms with Crippen LogP contribution >= 0.6 is 0 Å². The molecule has 20 heavy (non-hydrogen) atoms. The maximum absolute atomic E-state index is 12.2. The van der Waals surface area contributed by atoms with E-state index in [4.69, 9.17) is 0 Å². The Bertz CT molecular complexity index is 679. The van der Waals surface area contributed by atoms with E-state index in [0.717, 1.165) is 5.69 Å². The number of ketones is 1. The number of nitrogens with zero attached hydrogens (tertiary/aromatic N) is 2. The molecule has 0 fully saturated rings. The van der Waals surface area contributed by atoms with Gasteiger partial charge in [-0.25, -0.2) is 4.79 Å². The molecule has 5 nitrogen and oxygen atoms in total. The molecule has 0 amide bonds. The predicted octanol–water partition coefficient (Wildman–Crippen LogP) is 2.14. The van der Waals surface area contributed by atoms with Gasteiger partial charge in [0.1, 0.15) is 5.57 Å². The Balaban J connectivity index is 2.42. The molecule has 0 bridgehead atoms. The molecule has 2 aromatic rings. The summed E-state index contributed by atoms with van der Waals surface area (Å²) in [5.74, 6) is -1.84. The third-order valence-electron chi connectivity index (χ3n) is 2.63. The summed E-state index contributed by atoms with van der Waals surface area (Å²) in [6.07, 6.45) is 5.77. The van der Waals surface area contributed by atoms with Gasteiger partial charge in [0.05, 0.1) is 0 Å². The smallest absolute Gasteiger partial charge is 0.339 e. The van der Waals surface area contributed by atoms with Gasteiger partial charge in [0, 0.05) is 29.8 Å². The fourth-order valence-electron chi connectivity index (χ4n) is 1.70. The third kappa shape index (κ3) is 3.14. The Morgan fingerprint density at radius 1 is 1.25 bits per heavy atom. The first-order valence-electron chi connectivity index (χ1n) is 5.90. The number of Topliss-reactive ketones (excluding diaryl/α,β-unsaturated/α-hetero) is 1. The number of rotatable bonds is 4. The second kappa shape index (κ2) is 5.88. The molecule has 0 saturated heterocycles. The van der Waals surface area contributed by atoms with E-state index < -0.39 is 11.8 Å². The van der Waals surface area contributed by atoms with Crippen LogP contribution in [0.15, 0.2) is 48.4 Å². The molecule has 0 aliphatic heterocycles. The first-order chi connectivity index (χ1) is 9.58. The van der Waals surface area contributed by atoms with E-state index in [0.29, 0.717) is 5.56 Å².